The van der Waals surface area contributed by atoms with E-state index in [9.17, 15) is 4.79 Å². The van der Waals surface area contributed by atoms with Crippen LogP contribution in [0.25, 0.3) is 10.1 Å². The monoisotopic (exact) mass is 440 g/mol. The summed E-state index contributed by atoms with van der Waals surface area (Å²) in [7, 11) is 0. The Morgan fingerprint density at radius 2 is 1.88 bits per heavy atom. The van der Waals surface area contributed by atoms with Gasteiger partial charge in [-0.15, -0.1) is 11.3 Å². The number of halogens is 3. The molecule has 7 heteroatoms. The molecule has 0 saturated carbocycles. The molecule has 3 aromatic rings. The van der Waals surface area contributed by atoms with Crippen LogP contribution in [0.15, 0.2) is 52.0 Å². The van der Waals surface area contributed by atoms with E-state index < -0.39 is 0 Å². The zero-order valence-corrected chi connectivity index (χ0v) is 16.4. The average Bonchev–Trinajstić information content (AvgIpc) is 2.89. The Bertz CT molecular complexity index is 951. The molecule has 0 aliphatic heterocycles. The summed E-state index contributed by atoms with van der Waals surface area (Å²) in [6, 6.07) is 13.0. The molecule has 3 nitrogen and oxygen atoms in total. The summed E-state index contributed by atoms with van der Waals surface area (Å²) in [5.74, 6) is -0.328. The van der Waals surface area contributed by atoms with Gasteiger partial charge in [0.1, 0.15) is 4.88 Å². The smallest absolute Gasteiger partial charge is 0.266 e. The van der Waals surface area contributed by atoms with Gasteiger partial charge >= 0.3 is 0 Å². The number of rotatable bonds is 3. The number of amides is 1. The molecular formula is C17H11BrCl2N2OS. The fourth-order valence-corrected chi connectivity index (χ4v) is 4.21. The van der Waals surface area contributed by atoms with E-state index in [-0.39, 0.29) is 5.91 Å². The Kier molecular flexibility index (Phi) is 5.25. The van der Waals surface area contributed by atoms with Gasteiger partial charge in [-0.1, -0.05) is 57.3 Å². The lowest BCUT2D eigenvalue weighted by Gasteiger charge is -2.02. The van der Waals surface area contributed by atoms with E-state index in [2.05, 4.69) is 26.5 Å². The van der Waals surface area contributed by atoms with E-state index in [0.717, 1.165) is 20.1 Å². The molecule has 0 aliphatic rings. The van der Waals surface area contributed by atoms with Gasteiger partial charge < -0.3 is 0 Å². The van der Waals surface area contributed by atoms with Crippen molar-refractivity contribution in [2.75, 3.05) is 0 Å². The minimum absolute atomic E-state index is 0.328. The van der Waals surface area contributed by atoms with Crippen LogP contribution in [-0.2, 0) is 0 Å². The van der Waals surface area contributed by atoms with Crippen LogP contribution in [0.4, 0.5) is 0 Å². The molecule has 0 fully saturated rings. The molecule has 0 bridgehead atoms. The third kappa shape index (κ3) is 3.64. The predicted molar refractivity (Wildman–Crippen MR) is 106 cm³/mol. The quantitative estimate of drug-likeness (QED) is 0.385. The number of carbonyl (C=O) groups is 1. The molecular weight excluding hydrogens is 431 g/mol. The van der Waals surface area contributed by atoms with Gasteiger partial charge in [-0.25, -0.2) is 5.43 Å². The molecule has 0 atom stereocenters. The molecule has 1 amide bonds. The maximum absolute atomic E-state index is 12.4. The van der Waals surface area contributed by atoms with Crippen molar-refractivity contribution in [3.05, 3.63) is 67.4 Å². The topological polar surface area (TPSA) is 41.5 Å². The Morgan fingerprint density at radius 1 is 1.17 bits per heavy atom. The second-order valence-corrected chi connectivity index (χ2v) is 7.81. The molecule has 0 radical (unpaired) electrons. The van der Waals surface area contributed by atoms with Crippen molar-refractivity contribution in [3.63, 3.8) is 0 Å². The molecule has 24 heavy (non-hydrogen) atoms. The van der Waals surface area contributed by atoms with E-state index in [4.69, 9.17) is 23.2 Å². The molecule has 0 spiro atoms. The van der Waals surface area contributed by atoms with Gasteiger partial charge in [0.05, 0.1) is 10.7 Å². The number of nitrogens with one attached hydrogen (secondary N) is 1. The maximum atomic E-state index is 12.4. The molecule has 1 heterocycles. The number of nitrogens with zero attached hydrogens (tertiary/aromatic N) is 1. The fourth-order valence-electron chi connectivity index (χ4n) is 2.13. The number of benzene rings is 2. The number of carbonyl (C=O) groups excluding carboxylic acids is 1. The molecule has 0 unspecified atom stereocenters. The second kappa shape index (κ2) is 7.23. The number of hydrogen-bond acceptors (Lipinski definition) is 3. The van der Waals surface area contributed by atoms with Crippen molar-refractivity contribution in [2.24, 2.45) is 5.10 Å². The highest BCUT2D eigenvalue weighted by molar-refractivity contribution is 9.10. The number of thiophene rings is 1. The first kappa shape index (κ1) is 17.4. The lowest BCUT2D eigenvalue weighted by molar-refractivity contribution is 0.0959. The standard InChI is InChI=1S/C17H11BrCl2N2OS/c1-9(10-2-5-12(19)6-3-10)21-22-17(23)16-15(20)13-7-4-11(18)8-14(13)24-16/h2-8H,1H3,(H,22,23)/b21-9+. The lowest BCUT2D eigenvalue weighted by atomic mass is 10.1. The Hall–Kier alpha value is -1.40. The third-order valence-corrected chi connectivity index (χ3v) is 5.79. The molecule has 0 aliphatic carbocycles. The molecule has 3 rings (SSSR count). The number of hydrogen-bond donors (Lipinski definition) is 1. The summed E-state index contributed by atoms with van der Waals surface area (Å²) >= 11 is 16.9. The Morgan fingerprint density at radius 3 is 2.58 bits per heavy atom. The zero-order valence-electron chi connectivity index (χ0n) is 12.4. The van der Waals surface area contributed by atoms with Gasteiger partial charge in [0.2, 0.25) is 0 Å². The van der Waals surface area contributed by atoms with Crippen molar-refractivity contribution < 1.29 is 4.79 Å². The van der Waals surface area contributed by atoms with Crippen LogP contribution in [0.5, 0.6) is 0 Å². The summed E-state index contributed by atoms with van der Waals surface area (Å²) in [6.45, 7) is 1.81. The Balaban J connectivity index is 1.83. The predicted octanol–water partition coefficient (Wildman–Crippen LogP) is 6.12. The van der Waals surface area contributed by atoms with Crippen LogP contribution in [0, 0.1) is 0 Å². The average molecular weight is 442 g/mol. The first-order valence-electron chi connectivity index (χ1n) is 6.94. The SMILES string of the molecule is C/C(=N\NC(=O)c1sc2cc(Br)ccc2c1Cl)c1ccc(Cl)cc1. The van der Waals surface area contributed by atoms with Crippen molar-refractivity contribution >= 4 is 72.2 Å². The van der Waals surface area contributed by atoms with Gasteiger partial charge in [0, 0.05) is 19.6 Å². The van der Waals surface area contributed by atoms with Gasteiger partial charge in [-0.3, -0.25) is 4.79 Å². The van der Waals surface area contributed by atoms with Crippen LogP contribution in [-0.4, -0.2) is 11.6 Å². The van der Waals surface area contributed by atoms with Crippen LogP contribution in [0.2, 0.25) is 10.0 Å². The molecule has 1 aromatic heterocycles. The Labute approximate surface area is 161 Å². The molecule has 0 saturated heterocycles. The van der Waals surface area contributed by atoms with Crippen molar-refractivity contribution in [2.45, 2.75) is 6.92 Å². The van der Waals surface area contributed by atoms with Crippen LogP contribution < -0.4 is 5.43 Å². The minimum Gasteiger partial charge on any atom is -0.266 e. The van der Waals surface area contributed by atoms with E-state index in [1.165, 1.54) is 11.3 Å². The second-order valence-electron chi connectivity index (χ2n) is 5.03. The van der Waals surface area contributed by atoms with Crippen molar-refractivity contribution in [1.82, 2.24) is 5.43 Å². The largest absolute Gasteiger partial charge is 0.283 e. The molecule has 122 valence electrons. The number of hydrazone groups is 1. The van der Waals surface area contributed by atoms with E-state index in [1.54, 1.807) is 12.1 Å². The van der Waals surface area contributed by atoms with Crippen LogP contribution >= 0.6 is 50.5 Å². The third-order valence-electron chi connectivity index (χ3n) is 3.38. The summed E-state index contributed by atoms with van der Waals surface area (Å²) in [5, 5.41) is 6.09. The summed E-state index contributed by atoms with van der Waals surface area (Å²) in [4.78, 5) is 12.8. The zero-order chi connectivity index (χ0) is 17.3. The normalized spacial score (nSPS) is 11.8. The number of fused-ring (bicyclic) bond motifs is 1. The minimum atomic E-state index is -0.328. The highest BCUT2D eigenvalue weighted by Crippen LogP contribution is 2.36. The first-order valence-corrected chi connectivity index (χ1v) is 9.30. The maximum Gasteiger partial charge on any atom is 0.283 e. The van der Waals surface area contributed by atoms with Crippen molar-refractivity contribution in [3.8, 4) is 0 Å². The van der Waals surface area contributed by atoms with E-state index in [1.807, 2.05) is 37.3 Å². The van der Waals surface area contributed by atoms with Crippen LogP contribution in [0.1, 0.15) is 22.2 Å². The highest BCUT2D eigenvalue weighted by Gasteiger charge is 2.17. The molecule has 1 N–H and O–H groups in total. The van der Waals surface area contributed by atoms with Gasteiger partial charge in [-0.05, 0) is 36.8 Å². The summed E-state index contributed by atoms with van der Waals surface area (Å²) < 4.78 is 1.88. The van der Waals surface area contributed by atoms with Gasteiger partial charge in [-0.2, -0.15) is 5.10 Å². The first-order chi connectivity index (χ1) is 11.5. The summed E-state index contributed by atoms with van der Waals surface area (Å²) in [6.07, 6.45) is 0. The highest BCUT2D eigenvalue weighted by atomic mass is 79.9. The fraction of sp³-hybridized carbons (Fsp3) is 0.0588. The summed E-state index contributed by atoms with van der Waals surface area (Å²) in [5.41, 5.74) is 4.12. The van der Waals surface area contributed by atoms with Crippen LogP contribution in [0.3, 0.4) is 0 Å². The van der Waals surface area contributed by atoms with E-state index in [0.29, 0.717) is 20.6 Å². The molecule has 2 aromatic carbocycles. The van der Waals surface area contributed by atoms with Gasteiger partial charge in [0.15, 0.2) is 0 Å². The van der Waals surface area contributed by atoms with Crippen molar-refractivity contribution in [1.29, 1.82) is 0 Å². The van der Waals surface area contributed by atoms with Gasteiger partial charge in [0.25, 0.3) is 5.91 Å². The lowest BCUT2D eigenvalue weighted by Crippen LogP contribution is -2.18. The van der Waals surface area contributed by atoms with E-state index >= 15 is 0 Å².